The van der Waals surface area contributed by atoms with Crippen molar-refractivity contribution in [3.63, 3.8) is 0 Å². The molecule has 0 heterocycles. The molecule has 0 saturated carbocycles. The maximum absolute atomic E-state index is 12.2. The number of nitrogens with one attached hydrogen (secondary N) is 1. The van der Waals surface area contributed by atoms with E-state index in [4.69, 9.17) is 0 Å². The van der Waals surface area contributed by atoms with Gasteiger partial charge in [0.05, 0.1) is 0 Å². The lowest BCUT2D eigenvalue weighted by Crippen LogP contribution is -2.35. The van der Waals surface area contributed by atoms with Crippen LogP contribution in [0.4, 0.5) is 5.69 Å². The monoisotopic (exact) mass is 380 g/mol. The number of para-hydroxylation sites is 1. The summed E-state index contributed by atoms with van der Waals surface area (Å²) in [6, 6.07) is 18.2. The number of hydrogen-bond acceptors (Lipinski definition) is 2. The molecule has 0 saturated heterocycles. The van der Waals surface area contributed by atoms with Crippen molar-refractivity contribution in [3.05, 3.63) is 65.7 Å². The number of nitrogens with zero attached hydrogens (tertiary/aromatic N) is 1. The fourth-order valence-corrected chi connectivity index (χ4v) is 3.26. The van der Waals surface area contributed by atoms with Crippen molar-refractivity contribution in [2.75, 3.05) is 18.0 Å². The van der Waals surface area contributed by atoms with Crippen LogP contribution in [0.5, 0.6) is 0 Å². The zero-order valence-corrected chi connectivity index (χ0v) is 17.5. The minimum Gasteiger partial charge on any atom is -0.356 e. The molecule has 0 aliphatic heterocycles. The van der Waals surface area contributed by atoms with Crippen molar-refractivity contribution in [2.45, 2.75) is 52.4 Å². The Labute approximate surface area is 169 Å². The average Bonchev–Trinajstić information content (AvgIpc) is 2.65. The Bertz CT molecular complexity index is 779. The molecule has 1 N–H and O–H groups in total. The van der Waals surface area contributed by atoms with Gasteiger partial charge in [-0.1, -0.05) is 69.3 Å². The number of amides is 2. The highest BCUT2D eigenvalue weighted by atomic mass is 16.2. The second-order valence-electron chi connectivity index (χ2n) is 8.13. The van der Waals surface area contributed by atoms with Crippen LogP contribution in [0.1, 0.15) is 51.7 Å². The average molecular weight is 381 g/mol. The van der Waals surface area contributed by atoms with Gasteiger partial charge < -0.3 is 10.2 Å². The molecule has 0 radical (unpaired) electrons. The SMILES string of the molecule is CC(=O)N(CCC(=O)NCCCc1ccccc1)c1ccccc1C(C)(C)C. The minimum atomic E-state index is -0.0794. The summed E-state index contributed by atoms with van der Waals surface area (Å²) in [5.74, 6) is -0.0684. The van der Waals surface area contributed by atoms with Crippen LogP contribution in [0.3, 0.4) is 0 Å². The van der Waals surface area contributed by atoms with Gasteiger partial charge in [-0.15, -0.1) is 0 Å². The minimum absolute atomic E-state index is 0.0208. The molecular weight excluding hydrogens is 348 g/mol. The molecule has 0 atom stereocenters. The summed E-state index contributed by atoms with van der Waals surface area (Å²) in [5.41, 5.74) is 3.19. The summed E-state index contributed by atoms with van der Waals surface area (Å²) >= 11 is 0. The van der Waals surface area contributed by atoms with Crippen molar-refractivity contribution in [1.82, 2.24) is 5.32 Å². The van der Waals surface area contributed by atoms with Crippen molar-refractivity contribution in [2.24, 2.45) is 0 Å². The fourth-order valence-electron chi connectivity index (χ4n) is 3.26. The van der Waals surface area contributed by atoms with E-state index in [1.54, 1.807) is 11.8 Å². The predicted octanol–water partition coefficient (Wildman–Crippen LogP) is 4.48. The van der Waals surface area contributed by atoms with E-state index in [1.807, 2.05) is 36.4 Å². The van der Waals surface area contributed by atoms with Crippen LogP contribution in [0, 0.1) is 0 Å². The van der Waals surface area contributed by atoms with E-state index in [0.717, 1.165) is 24.1 Å². The highest BCUT2D eigenvalue weighted by molar-refractivity contribution is 5.93. The molecule has 2 rings (SSSR count). The summed E-state index contributed by atoms with van der Waals surface area (Å²) in [5, 5.41) is 2.97. The Balaban J connectivity index is 1.88. The van der Waals surface area contributed by atoms with Gasteiger partial charge in [0.1, 0.15) is 0 Å². The number of carbonyl (C=O) groups is 2. The Kier molecular flexibility index (Phi) is 7.80. The van der Waals surface area contributed by atoms with Crippen LogP contribution < -0.4 is 10.2 Å². The molecule has 2 aromatic rings. The van der Waals surface area contributed by atoms with Gasteiger partial charge >= 0.3 is 0 Å². The number of carbonyl (C=O) groups excluding carboxylic acids is 2. The summed E-state index contributed by atoms with van der Waals surface area (Å²) in [4.78, 5) is 26.2. The van der Waals surface area contributed by atoms with Crippen molar-refractivity contribution >= 4 is 17.5 Å². The predicted molar refractivity (Wildman–Crippen MR) is 116 cm³/mol. The van der Waals surface area contributed by atoms with Gasteiger partial charge in [0.15, 0.2) is 0 Å². The van der Waals surface area contributed by atoms with Gasteiger partial charge in [0, 0.05) is 32.1 Å². The summed E-state index contributed by atoms with van der Waals surface area (Å²) < 4.78 is 0. The third-order valence-electron chi connectivity index (χ3n) is 4.75. The third kappa shape index (κ3) is 6.52. The first-order valence-electron chi connectivity index (χ1n) is 9.97. The molecule has 0 aliphatic rings. The maximum atomic E-state index is 12.2. The summed E-state index contributed by atoms with van der Waals surface area (Å²) in [7, 11) is 0. The van der Waals surface area contributed by atoms with Gasteiger partial charge in [-0.3, -0.25) is 9.59 Å². The number of aryl methyl sites for hydroxylation is 1. The van der Waals surface area contributed by atoms with Gasteiger partial charge in [-0.05, 0) is 35.4 Å². The van der Waals surface area contributed by atoms with E-state index >= 15 is 0 Å². The molecule has 0 bridgehead atoms. The van der Waals surface area contributed by atoms with E-state index in [0.29, 0.717) is 19.5 Å². The summed E-state index contributed by atoms with van der Waals surface area (Å²) in [6.07, 6.45) is 2.14. The number of benzene rings is 2. The number of hydrogen-bond donors (Lipinski definition) is 1. The van der Waals surface area contributed by atoms with Gasteiger partial charge in [0.25, 0.3) is 0 Å². The Hall–Kier alpha value is -2.62. The largest absolute Gasteiger partial charge is 0.356 e. The van der Waals surface area contributed by atoms with Crippen molar-refractivity contribution < 1.29 is 9.59 Å². The van der Waals surface area contributed by atoms with Crippen molar-refractivity contribution in [1.29, 1.82) is 0 Å². The van der Waals surface area contributed by atoms with Crippen LogP contribution in [-0.2, 0) is 21.4 Å². The Morgan fingerprint density at radius 1 is 0.964 bits per heavy atom. The Morgan fingerprint density at radius 3 is 2.25 bits per heavy atom. The van der Waals surface area contributed by atoms with Crippen LogP contribution in [0.2, 0.25) is 0 Å². The van der Waals surface area contributed by atoms with Gasteiger partial charge in [-0.2, -0.15) is 0 Å². The lowest BCUT2D eigenvalue weighted by atomic mass is 9.85. The maximum Gasteiger partial charge on any atom is 0.223 e. The quantitative estimate of drug-likeness (QED) is 0.687. The van der Waals surface area contributed by atoms with Crippen LogP contribution in [-0.4, -0.2) is 24.9 Å². The molecule has 0 aliphatic carbocycles. The number of anilines is 1. The van der Waals surface area contributed by atoms with E-state index in [2.05, 4.69) is 44.3 Å². The zero-order chi connectivity index (χ0) is 20.6. The molecule has 0 unspecified atom stereocenters. The molecule has 28 heavy (non-hydrogen) atoms. The molecule has 0 fully saturated rings. The third-order valence-corrected chi connectivity index (χ3v) is 4.75. The normalized spacial score (nSPS) is 11.1. The first-order chi connectivity index (χ1) is 13.3. The lowest BCUT2D eigenvalue weighted by molar-refractivity contribution is -0.121. The molecule has 2 amide bonds. The van der Waals surface area contributed by atoms with Crippen LogP contribution in [0.15, 0.2) is 54.6 Å². The molecule has 4 nitrogen and oxygen atoms in total. The molecule has 150 valence electrons. The van der Waals surface area contributed by atoms with Crippen LogP contribution in [0.25, 0.3) is 0 Å². The van der Waals surface area contributed by atoms with E-state index in [-0.39, 0.29) is 17.2 Å². The molecule has 4 heteroatoms. The second-order valence-corrected chi connectivity index (χ2v) is 8.13. The summed E-state index contributed by atoms with van der Waals surface area (Å²) in [6.45, 7) is 8.97. The van der Waals surface area contributed by atoms with Crippen LogP contribution >= 0.6 is 0 Å². The molecule has 2 aromatic carbocycles. The van der Waals surface area contributed by atoms with Gasteiger partial charge in [-0.25, -0.2) is 0 Å². The molecule has 0 aromatic heterocycles. The molecule has 0 spiro atoms. The smallest absolute Gasteiger partial charge is 0.223 e. The Morgan fingerprint density at radius 2 is 1.61 bits per heavy atom. The van der Waals surface area contributed by atoms with Crippen molar-refractivity contribution in [3.8, 4) is 0 Å². The number of rotatable bonds is 8. The standard InChI is InChI=1S/C24H32N2O2/c1-19(27)26(22-15-9-8-14-21(22)24(2,3)4)18-16-23(28)25-17-10-13-20-11-6-5-7-12-20/h5-9,11-12,14-15H,10,13,16-18H2,1-4H3,(H,25,28). The zero-order valence-electron chi connectivity index (χ0n) is 17.5. The first-order valence-corrected chi connectivity index (χ1v) is 9.97. The topological polar surface area (TPSA) is 49.4 Å². The lowest BCUT2D eigenvalue weighted by Gasteiger charge is -2.29. The first kappa shape index (κ1) is 21.7. The van der Waals surface area contributed by atoms with Gasteiger partial charge in [0.2, 0.25) is 11.8 Å². The second kappa shape index (κ2) is 10.1. The van der Waals surface area contributed by atoms with E-state index in [9.17, 15) is 9.59 Å². The fraction of sp³-hybridized carbons (Fsp3) is 0.417. The molecular formula is C24H32N2O2. The van der Waals surface area contributed by atoms with E-state index < -0.39 is 0 Å². The highest BCUT2D eigenvalue weighted by Crippen LogP contribution is 2.32. The highest BCUT2D eigenvalue weighted by Gasteiger charge is 2.23. The van der Waals surface area contributed by atoms with E-state index in [1.165, 1.54) is 5.56 Å².